The van der Waals surface area contributed by atoms with Crippen LogP contribution in [0.5, 0.6) is 17.2 Å². The number of nitrogens with zero attached hydrogens (tertiary/aromatic N) is 2. The maximum absolute atomic E-state index is 14.5. The van der Waals surface area contributed by atoms with Gasteiger partial charge in [-0.15, -0.1) is 0 Å². The molecule has 3 aromatic rings. The number of carbonyl (C=O) groups excluding carboxylic acids is 1. The van der Waals surface area contributed by atoms with Gasteiger partial charge in [-0.1, -0.05) is 6.07 Å². The lowest BCUT2D eigenvalue weighted by Gasteiger charge is -2.30. The van der Waals surface area contributed by atoms with Crippen molar-refractivity contribution in [3.05, 3.63) is 53.5 Å². The van der Waals surface area contributed by atoms with E-state index in [1.807, 2.05) is 31.2 Å². The maximum Gasteiger partial charge on any atom is 0.262 e. The lowest BCUT2D eigenvalue weighted by atomic mass is 9.91. The zero-order valence-corrected chi connectivity index (χ0v) is 20.1. The van der Waals surface area contributed by atoms with Crippen LogP contribution in [0.15, 0.2) is 36.4 Å². The molecule has 1 N–H and O–H groups in total. The molecule has 1 aromatic heterocycles. The lowest BCUT2D eigenvalue weighted by Crippen LogP contribution is -2.33. The molecule has 35 heavy (non-hydrogen) atoms. The quantitative estimate of drug-likeness (QED) is 0.589. The van der Waals surface area contributed by atoms with Crippen LogP contribution in [0, 0.1) is 18.7 Å². The van der Waals surface area contributed by atoms with Crippen LogP contribution in [0.4, 0.5) is 10.1 Å². The van der Waals surface area contributed by atoms with Gasteiger partial charge in [0.2, 0.25) is 0 Å². The largest absolute Gasteiger partial charge is 0.486 e. The van der Waals surface area contributed by atoms with Crippen LogP contribution in [0.3, 0.4) is 0 Å². The van der Waals surface area contributed by atoms with Crippen LogP contribution in [0.1, 0.15) is 24.1 Å². The first-order valence-electron chi connectivity index (χ1n) is 12.1. The molecule has 0 aliphatic carbocycles. The Morgan fingerprint density at radius 2 is 1.91 bits per heavy atom. The summed E-state index contributed by atoms with van der Waals surface area (Å²) in [5.74, 6) is 1.90. The van der Waals surface area contributed by atoms with E-state index in [9.17, 15) is 9.18 Å². The number of benzene rings is 2. The van der Waals surface area contributed by atoms with Crippen molar-refractivity contribution in [1.82, 2.24) is 9.88 Å². The Morgan fingerprint density at radius 1 is 1.09 bits per heavy atom. The predicted octanol–water partition coefficient (Wildman–Crippen LogP) is 4.36. The summed E-state index contributed by atoms with van der Waals surface area (Å²) in [7, 11) is 2.10. The van der Waals surface area contributed by atoms with E-state index < -0.39 is 0 Å². The van der Waals surface area contributed by atoms with Gasteiger partial charge in [0.05, 0.1) is 5.52 Å². The smallest absolute Gasteiger partial charge is 0.262 e. The molecule has 0 radical (unpaired) electrons. The van der Waals surface area contributed by atoms with Crippen LogP contribution < -0.4 is 19.5 Å². The van der Waals surface area contributed by atoms with Gasteiger partial charge in [0.1, 0.15) is 24.7 Å². The summed E-state index contributed by atoms with van der Waals surface area (Å²) < 4.78 is 30.8. The third kappa shape index (κ3) is 5.17. The molecule has 0 spiro atoms. The summed E-state index contributed by atoms with van der Waals surface area (Å²) in [5, 5.41) is 3.59. The molecule has 3 aliphatic heterocycles. The van der Waals surface area contributed by atoms with Crippen LogP contribution in [-0.2, 0) is 11.2 Å². The highest BCUT2D eigenvalue weighted by Gasteiger charge is 2.24. The number of aryl methyl sites for hydroxylation is 1. The predicted molar refractivity (Wildman–Crippen MR) is 132 cm³/mol. The number of hydrogen-bond donors (Lipinski definition) is 1. The molecule has 6 rings (SSSR count). The topological polar surface area (TPSA) is 72.9 Å². The second-order valence-electron chi connectivity index (χ2n) is 9.33. The summed E-state index contributed by atoms with van der Waals surface area (Å²) in [6, 6.07) is 11.4. The zero-order chi connectivity index (χ0) is 24.4. The highest BCUT2D eigenvalue weighted by Crippen LogP contribution is 2.37. The van der Waals surface area contributed by atoms with Gasteiger partial charge in [0.15, 0.2) is 23.9 Å². The van der Waals surface area contributed by atoms with Crippen molar-refractivity contribution < 1.29 is 23.4 Å². The molecule has 3 aliphatic rings. The number of nitrogens with one attached hydrogen (secondary N) is 1. The Morgan fingerprint density at radius 3 is 2.77 bits per heavy atom. The fourth-order valence-corrected chi connectivity index (χ4v) is 4.88. The average molecular weight is 480 g/mol. The molecule has 0 bridgehead atoms. The number of aromatic nitrogens is 1. The van der Waals surface area contributed by atoms with Gasteiger partial charge >= 0.3 is 0 Å². The van der Waals surface area contributed by atoms with E-state index in [2.05, 4.69) is 22.2 Å². The van der Waals surface area contributed by atoms with Gasteiger partial charge in [0, 0.05) is 17.6 Å². The number of ether oxygens (including phenoxy) is 3. The summed E-state index contributed by atoms with van der Waals surface area (Å²) in [5.41, 5.74) is 2.83. The molecule has 8 heteroatoms. The Bertz CT molecular complexity index is 1250. The minimum absolute atomic E-state index is 0.0425. The lowest BCUT2D eigenvalue weighted by molar-refractivity contribution is -0.118. The molecule has 1 saturated heterocycles. The summed E-state index contributed by atoms with van der Waals surface area (Å²) in [6.07, 6.45) is 3.00. The first-order valence-corrected chi connectivity index (χ1v) is 12.1. The van der Waals surface area contributed by atoms with E-state index in [1.54, 1.807) is 12.1 Å². The van der Waals surface area contributed by atoms with Crippen molar-refractivity contribution in [2.24, 2.45) is 5.92 Å². The Hall–Kier alpha value is -3.39. The van der Waals surface area contributed by atoms with Crippen molar-refractivity contribution in [3.63, 3.8) is 0 Å². The van der Waals surface area contributed by atoms with Gasteiger partial charge in [-0.3, -0.25) is 9.78 Å². The van der Waals surface area contributed by atoms with Crippen LogP contribution in [0.2, 0.25) is 0 Å². The number of anilines is 1. The van der Waals surface area contributed by atoms with E-state index in [-0.39, 0.29) is 24.0 Å². The number of fused-ring (bicyclic) bond motifs is 4. The Balaban J connectivity index is 0.000000151. The highest BCUT2D eigenvalue weighted by molar-refractivity contribution is 5.95. The Kier molecular flexibility index (Phi) is 6.72. The average Bonchev–Trinajstić information content (AvgIpc) is 2.86. The van der Waals surface area contributed by atoms with Crippen LogP contribution in [-0.4, -0.2) is 55.7 Å². The van der Waals surface area contributed by atoms with Crippen molar-refractivity contribution in [2.45, 2.75) is 26.2 Å². The number of likely N-dealkylation sites (tertiary alicyclic amines) is 1. The molecule has 184 valence electrons. The number of hydrogen-bond acceptors (Lipinski definition) is 6. The monoisotopic (exact) mass is 479 g/mol. The van der Waals surface area contributed by atoms with Gasteiger partial charge in [-0.2, -0.15) is 0 Å². The molecule has 1 unspecified atom stereocenters. The molecular weight excluding hydrogens is 449 g/mol. The number of piperidine rings is 1. The number of halogens is 1. The van der Waals surface area contributed by atoms with Gasteiger partial charge in [0.25, 0.3) is 5.91 Å². The molecule has 1 amide bonds. The fourth-order valence-electron chi connectivity index (χ4n) is 4.88. The molecule has 2 aromatic carbocycles. The number of pyridine rings is 1. The molecule has 1 atom stereocenters. The normalized spacial score (nSPS) is 19.2. The maximum atomic E-state index is 14.5. The number of amides is 1. The standard InChI is InChI=1S/C15H19FN2O2.C12H11NO2/c1-18-6-2-3-10(8-18)7-11-4-5-12-15(14(11)16)17-13(19)9-20-12;1-8-2-3-9-10(13-8)4-5-11-12(9)15-7-6-14-11/h4-5,10H,2-3,6-9H2,1H3,(H,17,19);2-5H,6-7H2,1H3. The second kappa shape index (κ2) is 10.1. The summed E-state index contributed by atoms with van der Waals surface area (Å²) in [4.78, 5) is 18.0. The minimum Gasteiger partial charge on any atom is -0.486 e. The van der Waals surface area contributed by atoms with Crippen molar-refractivity contribution >= 4 is 22.5 Å². The summed E-state index contributed by atoms with van der Waals surface area (Å²) in [6.45, 7) is 5.29. The minimum atomic E-state index is -0.344. The number of rotatable bonds is 2. The van der Waals surface area contributed by atoms with Gasteiger partial charge < -0.3 is 24.4 Å². The molecule has 7 nitrogen and oxygen atoms in total. The van der Waals surface area contributed by atoms with Crippen LogP contribution >= 0.6 is 0 Å². The van der Waals surface area contributed by atoms with E-state index in [1.165, 1.54) is 0 Å². The molecular formula is C27H30FN3O4. The highest BCUT2D eigenvalue weighted by atomic mass is 19.1. The van der Waals surface area contributed by atoms with Gasteiger partial charge in [-0.25, -0.2) is 4.39 Å². The van der Waals surface area contributed by atoms with Crippen molar-refractivity contribution in [2.75, 3.05) is 45.3 Å². The molecule has 4 heterocycles. The third-order valence-corrected chi connectivity index (χ3v) is 6.55. The SMILES string of the molecule is CN1CCCC(Cc2ccc3c(c2F)NC(=O)CO3)C1.Cc1ccc2c3c(ccc2n1)OCCO3. The molecule has 0 saturated carbocycles. The van der Waals surface area contributed by atoms with Crippen molar-refractivity contribution in [1.29, 1.82) is 0 Å². The third-order valence-electron chi connectivity index (χ3n) is 6.55. The first-order chi connectivity index (χ1) is 17.0. The van der Waals surface area contributed by atoms with E-state index in [0.717, 1.165) is 54.0 Å². The molecule has 1 fully saturated rings. The Labute approximate surface area is 204 Å². The van der Waals surface area contributed by atoms with E-state index in [4.69, 9.17) is 14.2 Å². The van der Waals surface area contributed by atoms with E-state index in [0.29, 0.717) is 36.9 Å². The van der Waals surface area contributed by atoms with Crippen molar-refractivity contribution in [3.8, 4) is 17.2 Å². The fraction of sp³-hybridized carbons (Fsp3) is 0.407. The summed E-state index contributed by atoms with van der Waals surface area (Å²) >= 11 is 0. The van der Waals surface area contributed by atoms with E-state index >= 15 is 0 Å². The van der Waals surface area contributed by atoms with Crippen LogP contribution in [0.25, 0.3) is 10.9 Å². The zero-order valence-electron chi connectivity index (χ0n) is 20.1. The van der Waals surface area contributed by atoms with Gasteiger partial charge in [-0.05, 0) is 81.6 Å². The number of carbonyl (C=O) groups is 1. The first kappa shape index (κ1) is 23.4. The second-order valence-corrected chi connectivity index (χ2v) is 9.33.